The Morgan fingerprint density at radius 2 is 1.97 bits per heavy atom. The van der Waals surface area contributed by atoms with Crippen molar-refractivity contribution in [3.63, 3.8) is 0 Å². The molecule has 1 saturated carbocycles. The molecule has 1 aromatic rings. The van der Waals surface area contributed by atoms with Crippen molar-refractivity contribution in [1.29, 1.82) is 0 Å². The van der Waals surface area contributed by atoms with Crippen molar-refractivity contribution in [2.24, 2.45) is 11.8 Å². The van der Waals surface area contributed by atoms with Gasteiger partial charge in [-0.05, 0) is 57.4 Å². The van der Waals surface area contributed by atoms with Crippen LogP contribution in [0.2, 0.25) is 5.02 Å². The molecule has 2 unspecified atom stereocenters. The summed E-state index contributed by atoms with van der Waals surface area (Å²) in [5.74, 6) is -0.268. The fraction of sp³-hybridized carbons (Fsp3) is 0.652. The first-order valence-electron chi connectivity index (χ1n) is 10.7. The van der Waals surface area contributed by atoms with E-state index in [1.807, 2.05) is 31.2 Å². The first kappa shape index (κ1) is 25.5. The van der Waals surface area contributed by atoms with E-state index >= 15 is 0 Å². The number of hydrogen-bond acceptors (Lipinski definition) is 6. The predicted molar refractivity (Wildman–Crippen MR) is 122 cm³/mol. The monoisotopic (exact) mass is 458 g/mol. The van der Waals surface area contributed by atoms with E-state index in [9.17, 15) is 20.4 Å². The van der Waals surface area contributed by atoms with E-state index in [4.69, 9.17) is 16.7 Å². The molecule has 0 saturated heterocycles. The average molecular weight is 459 g/mol. The van der Waals surface area contributed by atoms with Gasteiger partial charge in [0.2, 0.25) is 0 Å². The summed E-state index contributed by atoms with van der Waals surface area (Å²) < 4.78 is 0. The van der Waals surface area contributed by atoms with E-state index in [2.05, 4.69) is 0 Å². The molecule has 30 heavy (non-hydrogen) atoms. The number of thiophene rings is 1. The summed E-state index contributed by atoms with van der Waals surface area (Å²) in [6, 6.07) is 1.95. The van der Waals surface area contributed by atoms with Crippen molar-refractivity contribution < 1.29 is 25.5 Å². The van der Waals surface area contributed by atoms with Crippen LogP contribution in [0.5, 0.6) is 0 Å². The Bertz CT molecular complexity index is 670. The van der Waals surface area contributed by atoms with Crippen LogP contribution in [0.3, 0.4) is 0 Å². The standard InChI is InChI=1S/C23H35ClO5S/c1-15-21(24)12-18(30-15)10-8-16(26)9-11-20-19(22(28)13-23(20)29)7-5-3-2-4-6-17(27)14-25/h3,5,9,11-12,16-17,19-20,22-23,25-29H,2,4,6-8,10,13-14H2,1H3/t16?,17?,19-,20-,22+,23-/m1/s1. The second kappa shape index (κ2) is 13.0. The third-order valence-electron chi connectivity index (χ3n) is 5.76. The normalized spacial score (nSPS) is 26.8. The van der Waals surface area contributed by atoms with Crippen molar-refractivity contribution in [1.82, 2.24) is 0 Å². The van der Waals surface area contributed by atoms with E-state index in [1.165, 1.54) is 0 Å². The van der Waals surface area contributed by atoms with Gasteiger partial charge in [-0.15, -0.1) is 11.3 Å². The molecule has 5 nitrogen and oxygen atoms in total. The average Bonchev–Trinajstić information content (AvgIpc) is 3.17. The largest absolute Gasteiger partial charge is 0.394 e. The minimum Gasteiger partial charge on any atom is -0.394 e. The van der Waals surface area contributed by atoms with Gasteiger partial charge in [0, 0.05) is 22.1 Å². The van der Waals surface area contributed by atoms with Gasteiger partial charge in [-0.2, -0.15) is 0 Å². The lowest BCUT2D eigenvalue weighted by molar-refractivity contribution is 0.0868. The Morgan fingerprint density at radius 1 is 1.20 bits per heavy atom. The van der Waals surface area contributed by atoms with Crippen molar-refractivity contribution in [2.45, 2.75) is 76.3 Å². The molecule has 0 amide bonds. The molecule has 170 valence electrons. The van der Waals surface area contributed by atoms with Gasteiger partial charge in [0.15, 0.2) is 0 Å². The van der Waals surface area contributed by atoms with E-state index in [0.29, 0.717) is 25.7 Å². The quantitative estimate of drug-likeness (QED) is 0.244. The maximum absolute atomic E-state index is 10.3. The molecule has 0 aromatic carbocycles. The van der Waals surface area contributed by atoms with Crippen LogP contribution in [-0.2, 0) is 6.42 Å². The van der Waals surface area contributed by atoms with E-state index in [0.717, 1.165) is 34.0 Å². The van der Waals surface area contributed by atoms with Crippen molar-refractivity contribution >= 4 is 22.9 Å². The van der Waals surface area contributed by atoms with Gasteiger partial charge in [-0.3, -0.25) is 0 Å². The van der Waals surface area contributed by atoms with Crippen molar-refractivity contribution in [3.8, 4) is 0 Å². The molecule has 1 aliphatic rings. The molecule has 7 heteroatoms. The summed E-state index contributed by atoms with van der Waals surface area (Å²) in [6.45, 7) is 1.77. The minimum absolute atomic E-state index is 0.0820. The van der Waals surface area contributed by atoms with Crippen molar-refractivity contribution in [2.75, 3.05) is 6.61 Å². The van der Waals surface area contributed by atoms with Crippen LogP contribution in [0.4, 0.5) is 0 Å². The summed E-state index contributed by atoms with van der Waals surface area (Å²) in [5, 5.41) is 49.9. The van der Waals surface area contributed by atoms with Crippen LogP contribution in [0, 0.1) is 18.8 Å². The molecule has 2 rings (SSSR count). The van der Waals surface area contributed by atoms with E-state index < -0.39 is 24.4 Å². The topological polar surface area (TPSA) is 101 Å². The summed E-state index contributed by atoms with van der Waals surface area (Å²) >= 11 is 7.73. The highest BCUT2D eigenvalue weighted by atomic mass is 35.5. The zero-order chi connectivity index (χ0) is 22.1. The smallest absolute Gasteiger partial charge is 0.0771 e. The lowest BCUT2D eigenvalue weighted by atomic mass is 9.89. The Hall–Kier alpha value is -0.730. The van der Waals surface area contributed by atoms with Crippen LogP contribution >= 0.6 is 22.9 Å². The Kier molecular flexibility index (Phi) is 11.0. The van der Waals surface area contributed by atoms with Gasteiger partial charge in [-0.1, -0.05) is 35.9 Å². The SMILES string of the molecule is Cc1sc(CCC(O)C=C[C@@H]2[C@@H](CC=CCCCC(O)CO)[C@@H](O)C[C@H]2O)cc1Cl. The first-order valence-corrected chi connectivity index (χ1v) is 11.9. The molecule has 0 radical (unpaired) electrons. The first-order chi connectivity index (χ1) is 14.3. The fourth-order valence-electron chi connectivity index (χ4n) is 3.92. The number of hydrogen-bond donors (Lipinski definition) is 5. The number of aliphatic hydroxyl groups is 5. The molecule has 0 aliphatic heterocycles. The molecule has 1 aliphatic carbocycles. The highest BCUT2D eigenvalue weighted by Crippen LogP contribution is 2.36. The number of aliphatic hydroxyl groups excluding tert-OH is 5. The lowest BCUT2D eigenvalue weighted by Gasteiger charge is -2.19. The van der Waals surface area contributed by atoms with Crippen LogP contribution in [0.25, 0.3) is 0 Å². The molecule has 0 spiro atoms. The molecular weight excluding hydrogens is 424 g/mol. The minimum atomic E-state index is -0.660. The number of rotatable bonds is 12. The second-order valence-electron chi connectivity index (χ2n) is 8.19. The summed E-state index contributed by atoms with van der Waals surface area (Å²) in [4.78, 5) is 2.23. The molecular formula is C23H35ClO5S. The van der Waals surface area contributed by atoms with Crippen LogP contribution in [0.1, 0.15) is 48.3 Å². The Labute approximate surface area is 188 Å². The van der Waals surface area contributed by atoms with Gasteiger partial charge < -0.3 is 25.5 Å². The summed E-state index contributed by atoms with van der Waals surface area (Å²) in [6.07, 6.45) is 9.66. The second-order valence-corrected chi connectivity index (χ2v) is 9.94. The highest BCUT2D eigenvalue weighted by molar-refractivity contribution is 7.12. The van der Waals surface area contributed by atoms with Crippen LogP contribution in [0.15, 0.2) is 30.4 Å². The maximum Gasteiger partial charge on any atom is 0.0771 e. The zero-order valence-electron chi connectivity index (χ0n) is 17.5. The fourth-order valence-corrected chi connectivity index (χ4v) is 5.18. The Morgan fingerprint density at radius 3 is 2.63 bits per heavy atom. The van der Waals surface area contributed by atoms with Crippen LogP contribution in [-0.4, -0.2) is 56.6 Å². The van der Waals surface area contributed by atoms with Gasteiger partial charge in [0.25, 0.3) is 0 Å². The summed E-state index contributed by atoms with van der Waals surface area (Å²) in [7, 11) is 0. The molecule has 1 fully saturated rings. The van der Waals surface area contributed by atoms with Gasteiger partial charge in [-0.25, -0.2) is 0 Å². The number of unbranched alkanes of at least 4 members (excludes halogenated alkanes) is 1. The zero-order valence-corrected chi connectivity index (χ0v) is 19.1. The highest BCUT2D eigenvalue weighted by Gasteiger charge is 2.39. The predicted octanol–water partition coefficient (Wildman–Crippen LogP) is 3.39. The number of allylic oxidation sites excluding steroid dienone is 2. The third-order valence-corrected chi connectivity index (χ3v) is 7.37. The number of aryl methyl sites for hydroxylation is 2. The summed E-state index contributed by atoms with van der Waals surface area (Å²) in [5.41, 5.74) is 0. The van der Waals surface area contributed by atoms with Gasteiger partial charge >= 0.3 is 0 Å². The van der Waals surface area contributed by atoms with Gasteiger partial charge in [0.05, 0.1) is 36.0 Å². The van der Waals surface area contributed by atoms with E-state index in [-0.39, 0.29) is 18.4 Å². The number of halogens is 1. The van der Waals surface area contributed by atoms with Gasteiger partial charge in [0.1, 0.15) is 0 Å². The molecule has 6 atom stereocenters. The molecule has 1 heterocycles. The lowest BCUT2D eigenvalue weighted by Crippen LogP contribution is -2.20. The maximum atomic E-state index is 10.3. The molecule has 5 N–H and O–H groups in total. The third kappa shape index (κ3) is 8.08. The molecule has 0 bridgehead atoms. The van der Waals surface area contributed by atoms with Crippen LogP contribution < -0.4 is 0 Å². The Balaban J connectivity index is 1.81. The molecule has 1 aromatic heterocycles. The van der Waals surface area contributed by atoms with Crippen molar-refractivity contribution in [3.05, 3.63) is 45.1 Å². The van der Waals surface area contributed by atoms with E-state index in [1.54, 1.807) is 17.4 Å².